The number of nitrogens with one attached hydrogen (secondary N) is 2. The lowest BCUT2D eigenvalue weighted by molar-refractivity contribution is 0.776. The minimum Gasteiger partial charge on any atom is -0.342 e. The zero-order valence-electron chi connectivity index (χ0n) is 11.6. The number of aryl methyl sites for hydroxylation is 3. The second-order valence-corrected chi connectivity index (χ2v) is 4.83. The lowest BCUT2D eigenvalue weighted by atomic mass is 10.1. The van der Waals surface area contributed by atoms with Gasteiger partial charge >= 0.3 is 0 Å². The van der Waals surface area contributed by atoms with Crippen LogP contribution < -0.4 is 5.32 Å². The Morgan fingerprint density at radius 3 is 2.72 bits per heavy atom. The first-order chi connectivity index (χ1) is 8.61. The molecular weight excluding hydrogens is 222 g/mol. The zero-order valence-corrected chi connectivity index (χ0v) is 11.6. The summed E-state index contributed by atoms with van der Waals surface area (Å²) in [5, 5.41) is 3.16. The average molecular weight is 243 g/mol. The fraction of sp³-hybridized carbons (Fsp3) is 0.400. The molecular formula is C15H21N3. The molecule has 1 heterocycles. The monoisotopic (exact) mass is 243 g/mol. The van der Waals surface area contributed by atoms with Gasteiger partial charge in [0.05, 0.1) is 5.69 Å². The Morgan fingerprint density at radius 1 is 1.22 bits per heavy atom. The number of likely N-dealkylation sites (N-methyl/N-ethyl adjacent to an activating group) is 1. The van der Waals surface area contributed by atoms with Crippen LogP contribution in [0.2, 0.25) is 0 Å². The highest BCUT2D eigenvalue weighted by atomic mass is 14.9. The first kappa shape index (κ1) is 12.8. The van der Waals surface area contributed by atoms with Crippen LogP contribution in [-0.2, 0) is 6.42 Å². The van der Waals surface area contributed by atoms with Crippen molar-refractivity contribution in [3.8, 4) is 11.4 Å². The standard InChI is InChI=1S/C15H21N3/c1-10-5-6-11(2)13(9-10)15-17-12(3)14(18-15)7-8-16-4/h5-6,9,16H,7-8H2,1-4H3,(H,17,18). The summed E-state index contributed by atoms with van der Waals surface area (Å²) < 4.78 is 0. The van der Waals surface area contributed by atoms with Gasteiger partial charge in [0.2, 0.25) is 0 Å². The van der Waals surface area contributed by atoms with Gasteiger partial charge in [-0.2, -0.15) is 0 Å². The number of nitrogens with zero attached hydrogens (tertiary/aromatic N) is 1. The molecule has 0 spiro atoms. The smallest absolute Gasteiger partial charge is 0.138 e. The second-order valence-electron chi connectivity index (χ2n) is 4.83. The van der Waals surface area contributed by atoms with Gasteiger partial charge in [-0.05, 0) is 39.4 Å². The van der Waals surface area contributed by atoms with E-state index in [4.69, 9.17) is 4.98 Å². The second kappa shape index (κ2) is 5.36. The fourth-order valence-electron chi connectivity index (χ4n) is 2.10. The first-order valence-corrected chi connectivity index (χ1v) is 6.39. The number of H-pyrrole nitrogens is 1. The van der Waals surface area contributed by atoms with Gasteiger partial charge in [0, 0.05) is 24.2 Å². The van der Waals surface area contributed by atoms with E-state index < -0.39 is 0 Å². The maximum absolute atomic E-state index is 4.72. The van der Waals surface area contributed by atoms with Crippen molar-refractivity contribution < 1.29 is 0 Å². The summed E-state index contributed by atoms with van der Waals surface area (Å²) in [6.45, 7) is 7.28. The molecule has 0 amide bonds. The highest BCUT2D eigenvalue weighted by molar-refractivity contribution is 5.61. The van der Waals surface area contributed by atoms with E-state index in [0.29, 0.717) is 0 Å². The number of hydrogen-bond acceptors (Lipinski definition) is 2. The highest BCUT2D eigenvalue weighted by Gasteiger charge is 2.10. The number of benzene rings is 1. The van der Waals surface area contributed by atoms with Crippen molar-refractivity contribution in [3.05, 3.63) is 40.7 Å². The van der Waals surface area contributed by atoms with Crippen molar-refractivity contribution in [1.29, 1.82) is 0 Å². The zero-order chi connectivity index (χ0) is 13.1. The van der Waals surface area contributed by atoms with Crippen molar-refractivity contribution in [2.75, 3.05) is 13.6 Å². The van der Waals surface area contributed by atoms with E-state index in [9.17, 15) is 0 Å². The van der Waals surface area contributed by atoms with Gasteiger partial charge in [0.15, 0.2) is 0 Å². The van der Waals surface area contributed by atoms with Crippen LogP contribution in [0.1, 0.15) is 22.5 Å². The van der Waals surface area contributed by atoms with E-state index in [1.165, 1.54) is 22.4 Å². The van der Waals surface area contributed by atoms with Crippen LogP contribution in [0.3, 0.4) is 0 Å². The average Bonchev–Trinajstić information content (AvgIpc) is 2.71. The van der Waals surface area contributed by atoms with E-state index in [-0.39, 0.29) is 0 Å². The van der Waals surface area contributed by atoms with Gasteiger partial charge in [-0.1, -0.05) is 17.7 Å². The molecule has 1 aromatic heterocycles. The number of hydrogen-bond donors (Lipinski definition) is 2. The molecule has 0 aliphatic carbocycles. The highest BCUT2D eigenvalue weighted by Crippen LogP contribution is 2.23. The molecule has 0 fully saturated rings. The Hall–Kier alpha value is -1.61. The molecule has 0 saturated carbocycles. The molecule has 1 aromatic carbocycles. The molecule has 3 heteroatoms. The summed E-state index contributed by atoms with van der Waals surface area (Å²) in [6, 6.07) is 6.47. The molecule has 2 aromatic rings. The maximum Gasteiger partial charge on any atom is 0.138 e. The molecule has 96 valence electrons. The number of aromatic amines is 1. The van der Waals surface area contributed by atoms with Crippen molar-refractivity contribution in [2.45, 2.75) is 27.2 Å². The summed E-state index contributed by atoms with van der Waals surface area (Å²) in [4.78, 5) is 8.12. The normalized spacial score (nSPS) is 10.9. The number of rotatable bonds is 4. The Labute approximate surface area is 109 Å². The van der Waals surface area contributed by atoms with Gasteiger partial charge in [-0.3, -0.25) is 0 Å². The Morgan fingerprint density at radius 2 is 2.00 bits per heavy atom. The van der Waals surface area contributed by atoms with E-state index in [1.54, 1.807) is 0 Å². The van der Waals surface area contributed by atoms with Crippen LogP contribution in [0.5, 0.6) is 0 Å². The molecule has 0 unspecified atom stereocenters. The van der Waals surface area contributed by atoms with Crippen molar-refractivity contribution >= 4 is 0 Å². The molecule has 0 aliphatic heterocycles. The lowest BCUT2D eigenvalue weighted by Crippen LogP contribution is -2.11. The van der Waals surface area contributed by atoms with Crippen molar-refractivity contribution in [2.24, 2.45) is 0 Å². The first-order valence-electron chi connectivity index (χ1n) is 6.39. The van der Waals surface area contributed by atoms with Crippen LogP contribution in [0.4, 0.5) is 0 Å². The van der Waals surface area contributed by atoms with Gasteiger partial charge in [-0.25, -0.2) is 4.98 Å². The van der Waals surface area contributed by atoms with Crippen LogP contribution in [-0.4, -0.2) is 23.6 Å². The summed E-state index contributed by atoms with van der Waals surface area (Å²) in [6.07, 6.45) is 0.962. The van der Waals surface area contributed by atoms with E-state index in [0.717, 1.165) is 24.5 Å². The predicted molar refractivity (Wildman–Crippen MR) is 75.9 cm³/mol. The SMILES string of the molecule is CNCCc1nc(-c2cc(C)ccc2C)[nH]c1C. The third-order valence-electron chi connectivity index (χ3n) is 3.25. The van der Waals surface area contributed by atoms with Gasteiger partial charge in [-0.15, -0.1) is 0 Å². The lowest BCUT2D eigenvalue weighted by Gasteiger charge is -2.03. The summed E-state index contributed by atoms with van der Waals surface area (Å²) in [5.74, 6) is 0.986. The topological polar surface area (TPSA) is 40.7 Å². The van der Waals surface area contributed by atoms with E-state index in [1.807, 2.05) is 7.05 Å². The minimum atomic E-state index is 0.956. The number of imidazole rings is 1. The van der Waals surface area contributed by atoms with Crippen LogP contribution in [0.15, 0.2) is 18.2 Å². The molecule has 3 nitrogen and oxygen atoms in total. The quantitative estimate of drug-likeness (QED) is 0.867. The van der Waals surface area contributed by atoms with Gasteiger partial charge in [0.25, 0.3) is 0 Å². The molecule has 0 radical (unpaired) electrons. The van der Waals surface area contributed by atoms with Crippen LogP contribution in [0.25, 0.3) is 11.4 Å². The molecule has 0 aliphatic rings. The molecule has 0 saturated heterocycles. The van der Waals surface area contributed by atoms with E-state index >= 15 is 0 Å². The largest absolute Gasteiger partial charge is 0.342 e. The summed E-state index contributed by atoms with van der Waals surface area (Å²) >= 11 is 0. The Bertz CT molecular complexity index is 541. The predicted octanol–water partition coefficient (Wildman–Crippen LogP) is 2.76. The third kappa shape index (κ3) is 2.62. The van der Waals surface area contributed by atoms with Crippen LogP contribution in [0, 0.1) is 20.8 Å². The van der Waals surface area contributed by atoms with Gasteiger partial charge < -0.3 is 10.3 Å². The van der Waals surface area contributed by atoms with Crippen LogP contribution >= 0.6 is 0 Å². The number of aromatic nitrogens is 2. The fourth-order valence-corrected chi connectivity index (χ4v) is 2.10. The molecule has 18 heavy (non-hydrogen) atoms. The van der Waals surface area contributed by atoms with Gasteiger partial charge in [0.1, 0.15) is 5.82 Å². The molecule has 0 bridgehead atoms. The van der Waals surface area contributed by atoms with E-state index in [2.05, 4.69) is 49.3 Å². The van der Waals surface area contributed by atoms with Crippen molar-refractivity contribution in [1.82, 2.24) is 15.3 Å². The summed E-state index contributed by atoms with van der Waals surface area (Å²) in [7, 11) is 1.97. The Kier molecular flexibility index (Phi) is 3.82. The third-order valence-corrected chi connectivity index (χ3v) is 3.25. The Balaban J connectivity index is 2.36. The molecule has 2 rings (SSSR count). The maximum atomic E-state index is 4.72. The summed E-state index contributed by atoms with van der Waals surface area (Å²) in [5.41, 5.74) is 6.05. The molecule has 0 atom stereocenters. The van der Waals surface area contributed by atoms with Crippen molar-refractivity contribution in [3.63, 3.8) is 0 Å². The molecule has 2 N–H and O–H groups in total. The minimum absolute atomic E-state index is 0.956.